The highest BCUT2D eigenvalue weighted by Gasteiger charge is 2.27. The first-order valence-electron chi connectivity index (χ1n) is 5.07. The molecule has 0 fully saturated rings. The molecule has 78 valence electrons. The van der Waals surface area contributed by atoms with Crippen LogP contribution in [0.1, 0.15) is 44.4 Å². The molecule has 1 N–H and O–H groups in total. The van der Waals surface area contributed by atoms with Gasteiger partial charge in [0.2, 0.25) is 0 Å². The normalized spacial score (nSPS) is 14.1. The van der Waals surface area contributed by atoms with Crippen molar-refractivity contribution in [1.29, 1.82) is 0 Å². The molecular formula is C12H19NO. The number of rotatable bonds is 3. The van der Waals surface area contributed by atoms with Crippen molar-refractivity contribution in [2.75, 3.05) is 0 Å². The van der Waals surface area contributed by atoms with Gasteiger partial charge in [-0.15, -0.1) is 0 Å². The van der Waals surface area contributed by atoms with Gasteiger partial charge in [-0.05, 0) is 29.9 Å². The summed E-state index contributed by atoms with van der Waals surface area (Å²) in [7, 11) is 0. The van der Waals surface area contributed by atoms with Gasteiger partial charge in [-0.3, -0.25) is 4.98 Å². The zero-order valence-electron chi connectivity index (χ0n) is 9.41. The van der Waals surface area contributed by atoms with Crippen molar-refractivity contribution in [2.24, 2.45) is 5.41 Å². The second-order valence-corrected chi connectivity index (χ2v) is 4.54. The summed E-state index contributed by atoms with van der Waals surface area (Å²) in [4.78, 5) is 4.09. The Bertz CT molecular complexity index is 307. The maximum absolute atomic E-state index is 10.1. The fourth-order valence-corrected chi connectivity index (χ4v) is 1.37. The predicted octanol–water partition coefficient (Wildman–Crippen LogP) is 2.86. The second kappa shape index (κ2) is 4.09. The van der Waals surface area contributed by atoms with E-state index in [4.69, 9.17) is 0 Å². The smallest absolute Gasteiger partial charge is 0.0855 e. The Morgan fingerprint density at radius 1 is 1.43 bits per heavy atom. The lowest BCUT2D eigenvalue weighted by Gasteiger charge is -2.29. The van der Waals surface area contributed by atoms with Crippen LogP contribution in [0, 0.1) is 12.3 Å². The lowest BCUT2D eigenvalue weighted by Crippen LogP contribution is -2.21. The summed E-state index contributed by atoms with van der Waals surface area (Å²) in [6, 6.07) is 2.00. The standard InChI is InChI=1S/C12H19NO/c1-5-12(3,4)11(14)10-6-9(2)7-13-8-10/h6-8,11,14H,5H2,1-4H3. The molecule has 2 heteroatoms. The van der Waals surface area contributed by atoms with E-state index in [0.717, 1.165) is 17.5 Å². The van der Waals surface area contributed by atoms with Gasteiger partial charge in [0.25, 0.3) is 0 Å². The molecule has 1 heterocycles. The van der Waals surface area contributed by atoms with Crippen molar-refractivity contribution in [1.82, 2.24) is 4.98 Å². The molecule has 1 rings (SSSR count). The first kappa shape index (κ1) is 11.2. The topological polar surface area (TPSA) is 33.1 Å². The van der Waals surface area contributed by atoms with E-state index in [2.05, 4.69) is 25.8 Å². The Morgan fingerprint density at radius 2 is 2.07 bits per heavy atom. The number of aryl methyl sites for hydroxylation is 1. The quantitative estimate of drug-likeness (QED) is 0.800. The van der Waals surface area contributed by atoms with E-state index in [1.54, 1.807) is 12.4 Å². The molecule has 0 spiro atoms. The lowest BCUT2D eigenvalue weighted by atomic mass is 9.81. The third-order valence-corrected chi connectivity index (χ3v) is 2.86. The molecule has 0 aliphatic rings. The number of aromatic nitrogens is 1. The van der Waals surface area contributed by atoms with E-state index in [1.807, 2.05) is 13.0 Å². The molecule has 1 aromatic rings. The van der Waals surface area contributed by atoms with Crippen LogP contribution in [0.3, 0.4) is 0 Å². The SMILES string of the molecule is CCC(C)(C)C(O)c1cncc(C)c1. The number of nitrogens with zero attached hydrogens (tertiary/aromatic N) is 1. The monoisotopic (exact) mass is 193 g/mol. The Balaban J connectivity index is 2.94. The third kappa shape index (κ3) is 2.32. The number of pyridine rings is 1. The molecule has 1 aromatic heterocycles. The average molecular weight is 193 g/mol. The van der Waals surface area contributed by atoms with Gasteiger partial charge in [-0.2, -0.15) is 0 Å². The highest BCUT2D eigenvalue weighted by atomic mass is 16.3. The van der Waals surface area contributed by atoms with Gasteiger partial charge < -0.3 is 5.11 Å². The van der Waals surface area contributed by atoms with Gasteiger partial charge in [0, 0.05) is 12.4 Å². The molecular weight excluding hydrogens is 174 g/mol. The molecule has 0 aliphatic heterocycles. The van der Waals surface area contributed by atoms with E-state index in [9.17, 15) is 5.11 Å². The lowest BCUT2D eigenvalue weighted by molar-refractivity contribution is 0.0462. The summed E-state index contributed by atoms with van der Waals surface area (Å²) in [5.74, 6) is 0. The first-order chi connectivity index (χ1) is 6.47. The first-order valence-corrected chi connectivity index (χ1v) is 5.07. The molecule has 0 aromatic carbocycles. The van der Waals surface area contributed by atoms with E-state index in [-0.39, 0.29) is 5.41 Å². The fourth-order valence-electron chi connectivity index (χ4n) is 1.37. The van der Waals surface area contributed by atoms with Crippen LogP contribution in [0.2, 0.25) is 0 Å². The fraction of sp³-hybridized carbons (Fsp3) is 0.583. The Hall–Kier alpha value is -0.890. The Kier molecular flexibility index (Phi) is 3.27. The van der Waals surface area contributed by atoms with Crippen LogP contribution in [0.25, 0.3) is 0 Å². The average Bonchev–Trinajstić information content (AvgIpc) is 2.16. The number of aliphatic hydroxyl groups excluding tert-OH is 1. The molecule has 14 heavy (non-hydrogen) atoms. The van der Waals surface area contributed by atoms with Crippen molar-refractivity contribution in [3.05, 3.63) is 29.6 Å². The van der Waals surface area contributed by atoms with Crippen LogP contribution < -0.4 is 0 Å². The largest absolute Gasteiger partial charge is 0.388 e. The van der Waals surface area contributed by atoms with Crippen LogP contribution in [0.5, 0.6) is 0 Å². The minimum Gasteiger partial charge on any atom is -0.388 e. The van der Waals surface area contributed by atoms with E-state index in [1.165, 1.54) is 0 Å². The minimum atomic E-state index is -0.431. The van der Waals surface area contributed by atoms with Crippen molar-refractivity contribution < 1.29 is 5.11 Å². The highest BCUT2D eigenvalue weighted by molar-refractivity contribution is 5.20. The Morgan fingerprint density at radius 3 is 2.57 bits per heavy atom. The molecule has 0 radical (unpaired) electrons. The van der Waals surface area contributed by atoms with Crippen LogP contribution >= 0.6 is 0 Å². The van der Waals surface area contributed by atoms with E-state index in [0.29, 0.717) is 0 Å². The highest BCUT2D eigenvalue weighted by Crippen LogP contribution is 2.35. The Labute approximate surface area is 86.0 Å². The number of hydrogen-bond acceptors (Lipinski definition) is 2. The zero-order chi connectivity index (χ0) is 10.8. The maximum Gasteiger partial charge on any atom is 0.0855 e. The number of hydrogen-bond donors (Lipinski definition) is 1. The van der Waals surface area contributed by atoms with Crippen molar-refractivity contribution in [3.8, 4) is 0 Å². The molecule has 0 aliphatic carbocycles. The molecule has 1 atom stereocenters. The van der Waals surface area contributed by atoms with Gasteiger partial charge in [0.15, 0.2) is 0 Å². The van der Waals surface area contributed by atoms with Crippen LogP contribution in [-0.4, -0.2) is 10.1 Å². The third-order valence-electron chi connectivity index (χ3n) is 2.86. The summed E-state index contributed by atoms with van der Waals surface area (Å²) in [5.41, 5.74) is 1.92. The molecule has 0 bridgehead atoms. The number of aliphatic hydroxyl groups is 1. The molecule has 0 saturated carbocycles. The van der Waals surface area contributed by atoms with Gasteiger partial charge in [0.1, 0.15) is 0 Å². The van der Waals surface area contributed by atoms with Crippen LogP contribution in [-0.2, 0) is 0 Å². The van der Waals surface area contributed by atoms with Crippen LogP contribution in [0.15, 0.2) is 18.5 Å². The van der Waals surface area contributed by atoms with Crippen molar-refractivity contribution in [2.45, 2.75) is 40.2 Å². The molecule has 0 saturated heterocycles. The minimum absolute atomic E-state index is 0.0878. The van der Waals surface area contributed by atoms with E-state index < -0.39 is 6.10 Å². The molecule has 0 amide bonds. The van der Waals surface area contributed by atoms with Gasteiger partial charge in [-0.25, -0.2) is 0 Å². The van der Waals surface area contributed by atoms with Gasteiger partial charge >= 0.3 is 0 Å². The van der Waals surface area contributed by atoms with Crippen molar-refractivity contribution >= 4 is 0 Å². The van der Waals surface area contributed by atoms with E-state index >= 15 is 0 Å². The molecule has 1 unspecified atom stereocenters. The second-order valence-electron chi connectivity index (χ2n) is 4.54. The maximum atomic E-state index is 10.1. The van der Waals surface area contributed by atoms with Crippen LogP contribution in [0.4, 0.5) is 0 Å². The van der Waals surface area contributed by atoms with Gasteiger partial charge in [-0.1, -0.05) is 26.8 Å². The summed E-state index contributed by atoms with van der Waals surface area (Å²) < 4.78 is 0. The predicted molar refractivity (Wildman–Crippen MR) is 58.0 cm³/mol. The molecule has 2 nitrogen and oxygen atoms in total. The van der Waals surface area contributed by atoms with Gasteiger partial charge in [0.05, 0.1) is 6.10 Å². The summed E-state index contributed by atoms with van der Waals surface area (Å²) in [5, 5.41) is 10.1. The summed E-state index contributed by atoms with van der Waals surface area (Å²) in [6.07, 6.45) is 4.06. The summed E-state index contributed by atoms with van der Waals surface area (Å²) in [6.45, 7) is 8.22. The summed E-state index contributed by atoms with van der Waals surface area (Å²) >= 11 is 0. The zero-order valence-corrected chi connectivity index (χ0v) is 9.41. The van der Waals surface area contributed by atoms with Crippen molar-refractivity contribution in [3.63, 3.8) is 0 Å².